The number of nitrogens with zero attached hydrogens (tertiary/aromatic N) is 6. The van der Waals surface area contributed by atoms with Crippen molar-refractivity contribution in [1.82, 2.24) is 29.3 Å². The van der Waals surface area contributed by atoms with E-state index in [1.165, 1.54) is 30.1 Å². The molecule has 0 bridgehead atoms. The molecule has 11 nitrogen and oxygen atoms in total. The molecule has 1 saturated heterocycles. The minimum Gasteiger partial charge on any atom is -0.476 e. The number of carbonyl (C=O) groups is 1. The average molecular weight is 542 g/mol. The fraction of sp³-hybridized carbons (Fsp3) is 0.538. The first-order chi connectivity index (χ1) is 17.9. The van der Waals surface area contributed by atoms with Crippen molar-refractivity contribution in [3.8, 4) is 11.7 Å². The van der Waals surface area contributed by atoms with Gasteiger partial charge in [-0.2, -0.15) is 5.10 Å². The maximum absolute atomic E-state index is 13.4. The first-order valence-corrected chi connectivity index (χ1v) is 14.5. The Morgan fingerprint density at radius 3 is 2.61 bits per heavy atom. The summed E-state index contributed by atoms with van der Waals surface area (Å²) >= 11 is 0. The van der Waals surface area contributed by atoms with Crippen LogP contribution in [0.5, 0.6) is 5.88 Å². The lowest BCUT2D eigenvalue weighted by Crippen LogP contribution is -2.41. The predicted molar refractivity (Wildman–Crippen MR) is 142 cm³/mol. The number of carbonyl (C=O) groups excluding carboxylic acids is 1. The Bertz CT molecular complexity index is 1460. The second kappa shape index (κ2) is 9.72. The summed E-state index contributed by atoms with van der Waals surface area (Å²) in [5, 5.41) is 8.52. The zero-order valence-corrected chi connectivity index (χ0v) is 23.3. The molecule has 0 unspecified atom stereocenters. The van der Waals surface area contributed by atoms with Crippen LogP contribution in [-0.2, 0) is 17.1 Å². The number of rotatable bonds is 8. The maximum atomic E-state index is 13.4. The summed E-state index contributed by atoms with van der Waals surface area (Å²) in [7, 11) is -2.48. The Hall–Kier alpha value is -3.41. The summed E-state index contributed by atoms with van der Waals surface area (Å²) in [4.78, 5) is 20.3. The molecule has 1 aliphatic heterocycles. The van der Waals surface area contributed by atoms with Crippen LogP contribution in [0.2, 0.25) is 0 Å². The molecule has 1 aliphatic carbocycles. The van der Waals surface area contributed by atoms with Crippen molar-refractivity contribution in [2.75, 3.05) is 18.1 Å². The van der Waals surface area contributed by atoms with Crippen LogP contribution in [0.15, 0.2) is 35.5 Å². The second-order valence-corrected chi connectivity index (χ2v) is 12.8. The Labute approximate surface area is 223 Å². The molecule has 1 amide bonds. The van der Waals surface area contributed by atoms with E-state index in [1.54, 1.807) is 43.0 Å². The largest absolute Gasteiger partial charge is 0.476 e. The van der Waals surface area contributed by atoms with Crippen LogP contribution in [0.3, 0.4) is 0 Å². The average Bonchev–Trinajstić information content (AvgIpc) is 3.49. The van der Waals surface area contributed by atoms with Gasteiger partial charge in [-0.15, -0.1) is 5.10 Å². The molecule has 2 aliphatic rings. The highest BCUT2D eigenvalue weighted by molar-refractivity contribution is 7.90. The van der Waals surface area contributed by atoms with Gasteiger partial charge in [-0.1, -0.05) is 13.3 Å². The lowest BCUT2D eigenvalue weighted by atomic mass is 9.86. The van der Waals surface area contributed by atoms with Crippen molar-refractivity contribution in [3.05, 3.63) is 41.9 Å². The summed E-state index contributed by atoms with van der Waals surface area (Å²) in [5.41, 5.74) is 0.331. The molecule has 1 saturated carbocycles. The number of pyridine rings is 1. The molecule has 1 atom stereocenters. The van der Waals surface area contributed by atoms with E-state index >= 15 is 0 Å². The fourth-order valence-corrected chi connectivity index (χ4v) is 6.43. The van der Waals surface area contributed by atoms with Crippen LogP contribution in [0.1, 0.15) is 62.5 Å². The molecule has 2 fully saturated rings. The lowest BCUT2D eigenvalue weighted by molar-refractivity contribution is 0.0981. The number of sulfonamides is 1. The molecule has 0 spiro atoms. The van der Waals surface area contributed by atoms with Crippen molar-refractivity contribution in [2.24, 2.45) is 18.9 Å². The Morgan fingerprint density at radius 2 is 2.00 bits per heavy atom. The van der Waals surface area contributed by atoms with Gasteiger partial charge in [0.15, 0.2) is 5.82 Å². The summed E-state index contributed by atoms with van der Waals surface area (Å²) in [5.74, 6) is 1.67. The van der Waals surface area contributed by atoms with Crippen molar-refractivity contribution in [1.29, 1.82) is 0 Å². The van der Waals surface area contributed by atoms with Crippen LogP contribution in [0, 0.1) is 18.8 Å². The first kappa shape index (κ1) is 26.2. The number of aryl methyl sites for hydroxylation is 1. The first-order valence-electron chi connectivity index (χ1n) is 13.0. The topological polar surface area (TPSA) is 124 Å². The van der Waals surface area contributed by atoms with Gasteiger partial charge in [-0.05, 0) is 64.0 Å². The Balaban J connectivity index is 1.47. The third kappa shape index (κ3) is 5.01. The van der Waals surface area contributed by atoms with Gasteiger partial charge in [-0.3, -0.25) is 9.48 Å². The molecule has 1 N–H and O–H groups in total. The van der Waals surface area contributed by atoms with E-state index in [-0.39, 0.29) is 16.0 Å². The van der Waals surface area contributed by atoms with E-state index in [9.17, 15) is 13.2 Å². The van der Waals surface area contributed by atoms with Gasteiger partial charge in [-0.25, -0.2) is 22.8 Å². The number of hydrogen-bond acceptors (Lipinski definition) is 8. The molecule has 38 heavy (non-hydrogen) atoms. The smallest absolute Gasteiger partial charge is 0.268 e. The maximum Gasteiger partial charge on any atom is 0.268 e. The zero-order valence-electron chi connectivity index (χ0n) is 22.5. The monoisotopic (exact) mass is 541 g/mol. The van der Waals surface area contributed by atoms with Crippen LogP contribution >= 0.6 is 0 Å². The number of nitrogens with one attached hydrogen (secondary N) is 1. The van der Waals surface area contributed by atoms with E-state index < -0.39 is 15.9 Å². The molecular weight excluding hydrogens is 506 g/mol. The van der Waals surface area contributed by atoms with E-state index in [1.807, 2.05) is 0 Å². The molecule has 0 aromatic carbocycles. The summed E-state index contributed by atoms with van der Waals surface area (Å²) in [6.45, 7) is 9.33. The van der Waals surface area contributed by atoms with Crippen molar-refractivity contribution >= 4 is 21.7 Å². The van der Waals surface area contributed by atoms with Crippen molar-refractivity contribution in [3.63, 3.8) is 0 Å². The summed E-state index contributed by atoms with van der Waals surface area (Å²) in [6, 6.07) is 5.06. The quantitative estimate of drug-likeness (QED) is 0.461. The standard InChI is InChI=1S/C26H35N7O4S/c1-17-13-26(3,4)32(15-17)24-20(25(34)30-38(35,36)21-14-27-31(5)18(21)2)9-10-22(28-24)33-12-11-23(29-33)37-16-19-7-6-8-19/h9-12,14,17,19H,6-8,13,15-16H2,1-5H3,(H,30,34)/t17-/m0/s1. The molecule has 0 radical (unpaired) electrons. The number of hydrogen-bond donors (Lipinski definition) is 1. The predicted octanol–water partition coefficient (Wildman–Crippen LogP) is 3.23. The molecule has 3 aromatic rings. The summed E-state index contributed by atoms with van der Waals surface area (Å²) < 4.78 is 37.2. The van der Waals surface area contributed by atoms with Crippen LogP contribution in [0.4, 0.5) is 5.82 Å². The van der Waals surface area contributed by atoms with Crippen molar-refractivity contribution < 1.29 is 17.9 Å². The molecule has 3 aromatic heterocycles. The van der Waals surface area contributed by atoms with Gasteiger partial charge in [0, 0.05) is 31.4 Å². The fourth-order valence-electron chi connectivity index (χ4n) is 5.26. The van der Waals surface area contributed by atoms with E-state index in [4.69, 9.17) is 9.72 Å². The molecular formula is C26H35N7O4S. The van der Waals surface area contributed by atoms with Crippen LogP contribution in [0.25, 0.3) is 5.82 Å². The summed E-state index contributed by atoms with van der Waals surface area (Å²) in [6.07, 6.45) is 7.55. The minimum absolute atomic E-state index is 0.0411. The van der Waals surface area contributed by atoms with E-state index in [0.29, 0.717) is 48.2 Å². The van der Waals surface area contributed by atoms with E-state index in [0.717, 1.165) is 6.42 Å². The lowest BCUT2D eigenvalue weighted by Gasteiger charge is -2.34. The molecule has 4 heterocycles. The second-order valence-electron chi connectivity index (χ2n) is 11.1. The minimum atomic E-state index is -4.13. The van der Waals surface area contributed by atoms with Gasteiger partial charge >= 0.3 is 0 Å². The number of aromatic nitrogens is 5. The van der Waals surface area contributed by atoms with Crippen LogP contribution < -0.4 is 14.4 Å². The zero-order chi connectivity index (χ0) is 27.2. The SMILES string of the molecule is Cc1c(S(=O)(=O)NC(=O)c2ccc(-n3ccc(OCC4CCC4)n3)nc2N2C[C@@H](C)CC2(C)C)cnn1C. The normalized spacial score (nSPS) is 19.4. The third-order valence-corrected chi connectivity index (χ3v) is 9.07. The van der Waals surface area contributed by atoms with Gasteiger partial charge in [0.05, 0.1) is 24.1 Å². The third-order valence-electron chi connectivity index (χ3n) is 7.63. The van der Waals surface area contributed by atoms with Gasteiger partial charge in [0.1, 0.15) is 10.7 Å². The molecule has 12 heteroatoms. The van der Waals surface area contributed by atoms with Crippen LogP contribution in [-0.4, -0.2) is 57.6 Å². The van der Waals surface area contributed by atoms with Gasteiger partial charge in [0.2, 0.25) is 5.88 Å². The van der Waals surface area contributed by atoms with Gasteiger partial charge in [0.25, 0.3) is 15.9 Å². The molecule has 204 valence electrons. The molecule has 5 rings (SSSR count). The highest BCUT2D eigenvalue weighted by Crippen LogP contribution is 2.38. The number of amides is 1. The number of ether oxygens (including phenoxy) is 1. The van der Waals surface area contributed by atoms with Gasteiger partial charge < -0.3 is 9.64 Å². The van der Waals surface area contributed by atoms with E-state index in [2.05, 4.69) is 40.6 Å². The highest BCUT2D eigenvalue weighted by atomic mass is 32.2. The number of anilines is 1. The Kier molecular flexibility index (Phi) is 6.70. The highest BCUT2D eigenvalue weighted by Gasteiger charge is 2.39. The van der Waals surface area contributed by atoms with Crippen molar-refractivity contribution in [2.45, 2.75) is 63.8 Å². The Morgan fingerprint density at radius 1 is 1.24 bits per heavy atom.